The van der Waals surface area contributed by atoms with E-state index in [2.05, 4.69) is 29.5 Å². The Morgan fingerprint density at radius 1 is 1.40 bits per heavy atom. The number of rotatable bonds is 5. The van der Waals surface area contributed by atoms with Crippen LogP contribution in [0, 0.1) is 3.57 Å². The highest BCUT2D eigenvalue weighted by atomic mass is 127. The number of halogens is 1. The standard InChI is InChI=1S/C12H15IO2/c1-2-3-4-5-9-8-10(13)6-7-11(9)12(14)15/h6-8H,2-5H2,1H3,(H,14,15). The van der Waals surface area contributed by atoms with Crippen molar-refractivity contribution in [3.05, 3.63) is 32.9 Å². The largest absolute Gasteiger partial charge is 0.478 e. The molecule has 0 aliphatic heterocycles. The van der Waals surface area contributed by atoms with Crippen LogP contribution in [0.15, 0.2) is 18.2 Å². The van der Waals surface area contributed by atoms with Crippen LogP contribution < -0.4 is 0 Å². The summed E-state index contributed by atoms with van der Waals surface area (Å²) in [7, 11) is 0. The third-order valence-corrected chi connectivity index (χ3v) is 3.02. The van der Waals surface area contributed by atoms with Gasteiger partial charge in [-0.1, -0.05) is 19.8 Å². The summed E-state index contributed by atoms with van der Waals surface area (Å²) < 4.78 is 1.10. The molecule has 1 rings (SSSR count). The summed E-state index contributed by atoms with van der Waals surface area (Å²) in [5, 5.41) is 9.01. The number of aromatic carboxylic acids is 1. The number of hydrogen-bond donors (Lipinski definition) is 1. The lowest BCUT2D eigenvalue weighted by atomic mass is 10.0. The van der Waals surface area contributed by atoms with Gasteiger partial charge in [-0.05, 0) is 59.2 Å². The van der Waals surface area contributed by atoms with Crippen molar-refractivity contribution in [2.75, 3.05) is 0 Å². The zero-order chi connectivity index (χ0) is 11.3. The van der Waals surface area contributed by atoms with Gasteiger partial charge in [0.1, 0.15) is 0 Å². The van der Waals surface area contributed by atoms with Gasteiger partial charge >= 0.3 is 5.97 Å². The molecule has 0 aliphatic rings. The maximum absolute atomic E-state index is 11.0. The smallest absolute Gasteiger partial charge is 0.335 e. The Bertz CT molecular complexity index is 347. The average Bonchev–Trinajstić information content (AvgIpc) is 2.18. The summed E-state index contributed by atoms with van der Waals surface area (Å²) in [5.74, 6) is -0.821. The van der Waals surface area contributed by atoms with Gasteiger partial charge in [0.05, 0.1) is 5.56 Å². The average molecular weight is 318 g/mol. The summed E-state index contributed by atoms with van der Waals surface area (Å²) >= 11 is 2.21. The van der Waals surface area contributed by atoms with Crippen LogP contribution in [0.4, 0.5) is 0 Å². The van der Waals surface area contributed by atoms with Crippen molar-refractivity contribution in [2.45, 2.75) is 32.6 Å². The normalized spacial score (nSPS) is 10.3. The van der Waals surface area contributed by atoms with E-state index >= 15 is 0 Å². The van der Waals surface area contributed by atoms with E-state index in [0.29, 0.717) is 5.56 Å². The van der Waals surface area contributed by atoms with Gasteiger partial charge < -0.3 is 5.11 Å². The highest BCUT2D eigenvalue weighted by Crippen LogP contribution is 2.16. The number of carboxylic acid groups (broad SMARTS) is 1. The predicted octanol–water partition coefficient (Wildman–Crippen LogP) is 3.72. The number of carbonyl (C=O) groups is 1. The van der Waals surface area contributed by atoms with E-state index < -0.39 is 5.97 Å². The van der Waals surface area contributed by atoms with Crippen molar-refractivity contribution in [3.8, 4) is 0 Å². The highest BCUT2D eigenvalue weighted by Gasteiger charge is 2.09. The molecular weight excluding hydrogens is 303 g/mol. The van der Waals surface area contributed by atoms with E-state index in [0.717, 1.165) is 34.8 Å². The van der Waals surface area contributed by atoms with Crippen molar-refractivity contribution in [3.63, 3.8) is 0 Å². The fourth-order valence-corrected chi connectivity index (χ4v) is 2.10. The molecule has 0 radical (unpaired) electrons. The molecule has 0 aromatic heterocycles. The molecule has 0 spiro atoms. The molecule has 0 heterocycles. The predicted molar refractivity (Wildman–Crippen MR) is 69.3 cm³/mol. The fraction of sp³-hybridized carbons (Fsp3) is 0.417. The molecule has 15 heavy (non-hydrogen) atoms. The monoisotopic (exact) mass is 318 g/mol. The van der Waals surface area contributed by atoms with E-state index in [1.54, 1.807) is 6.07 Å². The quantitative estimate of drug-likeness (QED) is 0.663. The number of benzene rings is 1. The van der Waals surface area contributed by atoms with Gasteiger partial charge in [0.2, 0.25) is 0 Å². The Morgan fingerprint density at radius 2 is 2.13 bits per heavy atom. The van der Waals surface area contributed by atoms with E-state index in [4.69, 9.17) is 5.11 Å². The number of unbranched alkanes of at least 4 members (excludes halogenated alkanes) is 2. The number of carboxylic acids is 1. The lowest BCUT2D eigenvalue weighted by Gasteiger charge is -2.06. The van der Waals surface area contributed by atoms with Crippen LogP contribution in [0.3, 0.4) is 0 Å². The SMILES string of the molecule is CCCCCc1cc(I)ccc1C(=O)O. The van der Waals surface area contributed by atoms with E-state index in [-0.39, 0.29) is 0 Å². The third-order valence-electron chi connectivity index (χ3n) is 2.35. The van der Waals surface area contributed by atoms with Gasteiger partial charge in [-0.25, -0.2) is 4.79 Å². The topological polar surface area (TPSA) is 37.3 Å². The molecule has 2 nitrogen and oxygen atoms in total. The molecule has 3 heteroatoms. The van der Waals surface area contributed by atoms with Gasteiger partial charge in [-0.15, -0.1) is 0 Å². The van der Waals surface area contributed by atoms with Crippen LogP contribution in [-0.4, -0.2) is 11.1 Å². The minimum absolute atomic E-state index is 0.450. The summed E-state index contributed by atoms with van der Waals surface area (Å²) in [6, 6.07) is 5.51. The molecular formula is C12H15IO2. The Balaban J connectivity index is 2.82. The zero-order valence-corrected chi connectivity index (χ0v) is 11.0. The van der Waals surface area contributed by atoms with Gasteiger partial charge in [-0.2, -0.15) is 0 Å². The van der Waals surface area contributed by atoms with E-state index in [1.807, 2.05) is 12.1 Å². The maximum Gasteiger partial charge on any atom is 0.335 e. The van der Waals surface area contributed by atoms with Crippen molar-refractivity contribution in [1.82, 2.24) is 0 Å². The Kier molecular flexibility index (Phi) is 5.08. The molecule has 0 fully saturated rings. The van der Waals surface area contributed by atoms with Gasteiger partial charge in [0.25, 0.3) is 0 Å². The van der Waals surface area contributed by atoms with Gasteiger partial charge in [-0.3, -0.25) is 0 Å². The summed E-state index contributed by atoms with van der Waals surface area (Å²) in [5.41, 5.74) is 1.41. The molecule has 0 atom stereocenters. The lowest BCUT2D eigenvalue weighted by molar-refractivity contribution is 0.0695. The molecule has 1 aromatic carbocycles. The first kappa shape index (κ1) is 12.5. The van der Waals surface area contributed by atoms with E-state index in [1.165, 1.54) is 0 Å². The van der Waals surface area contributed by atoms with Gasteiger partial charge in [0, 0.05) is 3.57 Å². The van der Waals surface area contributed by atoms with Crippen molar-refractivity contribution >= 4 is 28.6 Å². The van der Waals surface area contributed by atoms with Crippen LogP contribution in [0.1, 0.15) is 42.1 Å². The van der Waals surface area contributed by atoms with Crippen molar-refractivity contribution in [1.29, 1.82) is 0 Å². The molecule has 0 saturated heterocycles. The van der Waals surface area contributed by atoms with Gasteiger partial charge in [0.15, 0.2) is 0 Å². The Hall–Kier alpha value is -0.580. The second-order valence-corrected chi connectivity index (χ2v) is 4.81. The minimum Gasteiger partial charge on any atom is -0.478 e. The van der Waals surface area contributed by atoms with Crippen LogP contribution in [0.2, 0.25) is 0 Å². The van der Waals surface area contributed by atoms with Crippen molar-refractivity contribution < 1.29 is 9.90 Å². The second-order valence-electron chi connectivity index (χ2n) is 3.56. The lowest BCUT2D eigenvalue weighted by Crippen LogP contribution is -2.02. The highest BCUT2D eigenvalue weighted by molar-refractivity contribution is 14.1. The van der Waals surface area contributed by atoms with Crippen LogP contribution >= 0.6 is 22.6 Å². The molecule has 0 bridgehead atoms. The van der Waals surface area contributed by atoms with Crippen LogP contribution in [0.5, 0.6) is 0 Å². The molecule has 1 aromatic rings. The Morgan fingerprint density at radius 3 is 2.73 bits per heavy atom. The van der Waals surface area contributed by atoms with Crippen LogP contribution in [0.25, 0.3) is 0 Å². The summed E-state index contributed by atoms with van der Waals surface area (Å²) in [6.45, 7) is 2.15. The van der Waals surface area contributed by atoms with Crippen LogP contribution in [-0.2, 0) is 6.42 Å². The first-order valence-electron chi connectivity index (χ1n) is 5.17. The molecule has 1 N–H and O–H groups in total. The van der Waals surface area contributed by atoms with Crippen molar-refractivity contribution in [2.24, 2.45) is 0 Å². The first-order chi connectivity index (χ1) is 7.15. The first-order valence-corrected chi connectivity index (χ1v) is 6.24. The molecule has 0 unspecified atom stereocenters. The van der Waals surface area contributed by atoms with E-state index in [9.17, 15) is 4.79 Å². The summed E-state index contributed by atoms with van der Waals surface area (Å²) in [4.78, 5) is 11.0. The minimum atomic E-state index is -0.821. The Labute approximate surface area is 104 Å². The maximum atomic E-state index is 11.0. The second kappa shape index (κ2) is 6.10. The third kappa shape index (κ3) is 3.81. The molecule has 0 aliphatic carbocycles. The molecule has 82 valence electrons. The summed E-state index contributed by atoms with van der Waals surface area (Å²) in [6.07, 6.45) is 4.25. The zero-order valence-electron chi connectivity index (χ0n) is 8.79. The fourth-order valence-electron chi connectivity index (χ4n) is 1.54. The number of hydrogen-bond acceptors (Lipinski definition) is 1. The molecule has 0 saturated carbocycles. The number of aryl methyl sites for hydroxylation is 1. The molecule has 0 amide bonds.